The maximum Gasteiger partial charge on any atom is 0.261 e. The van der Waals surface area contributed by atoms with Crippen molar-refractivity contribution in [2.24, 2.45) is 20.5 Å². The van der Waals surface area contributed by atoms with Crippen molar-refractivity contribution in [3.63, 3.8) is 0 Å². The van der Waals surface area contributed by atoms with Crippen molar-refractivity contribution in [2.45, 2.75) is 18.7 Å². The van der Waals surface area contributed by atoms with Gasteiger partial charge in [-0.1, -0.05) is 36.4 Å². The molecule has 2 heterocycles. The molecule has 9 nitrogen and oxygen atoms in total. The Balaban J connectivity index is 1.14. The number of anilines is 1. The number of fused-ring (bicyclic) bond motifs is 2. The number of sulfonamides is 1. The number of nitrogens with one attached hydrogen (secondary N) is 3. The number of aromatic amines is 2. The Bertz CT molecular complexity index is 2000. The highest BCUT2D eigenvalue weighted by atomic mass is 32.2. The molecule has 0 amide bonds. The molecule has 0 aliphatic carbocycles. The highest BCUT2D eigenvalue weighted by molar-refractivity contribution is 7.92. The lowest BCUT2D eigenvalue weighted by molar-refractivity contribution is 0.601. The summed E-state index contributed by atoms with van der Waals surface area (Å²) in [6, 6.07) is 28.8. The molecule has 0 bridgehead atoms. The van der Waals surface area contributed by atoms with Crippen molar-refractivity contribution in [2.75, 3.05) is 4.72 Å². The standard InChI is InChI=1S/C30H25N7O2S/c1-19-29(25-7-3-5-9-27(25)31-19)35-33-21-11-13-23(14-12-21)37-40(38,39)24-17-15-22(16-18-24)34-36-30-20(2)32-28-10-6-4-8-26(28)30/h3-18,31-32,37H,1-2H3. The summed E-state index contributed by atoms with van der Waals surface area (Å²) in [5.41, 5.74) is 6.93. The lowest BCUT2D eigenvalue weighted by Crippen LogP contribution is -2.12. The van der Waals surface area contributed by atoms with E-state index in [1.54, 1.807) is 36.4 Å². The van der Waals surface area contributed by atoms with Crippen LogP contribution in [-0.2, 0) is 10.0 Å². The van der Waals surface area contributed by atoms with Gasteiger partial charge in [0.15, 0.2) is 0 Å². The molecular weight excluding hydrogens is 522 g/mol. The molecule has 0 atom stereocenters. The molecule has 198 valence electrons. The molecule has 6 aromatic rings. The van der Waals surface area contributed by atoms with Gasteiger partial charge >= 0.3 is 0 Å². The van der Waals surface area contributed by atoms with Crippen LogP contribution in [0.4, 0.5) is 28.4 Å². The van der Waals surface area contributed by atoms with Crippen LogP contribution in [0.3, 0.4) is 0 Å². The van der Waals surface area contributed by atoms with E-state index in [1.165, 1.54) is 12.1 Å². The monoisotopic (exact) mass is 547 g/mol. The van der Waals surface area contributed by atoms with Gasteiger partial charge < -0.3 is 9.97 Å². The SMILES string of the molecule is Cc1[nH]c2ccccc2c1N=Nc1ccc(NS(=O)(=O)c2ccc(N=Nc3c(C)[nH]c4ccccc34)cc2)cc1. The summed E-state index contributed by atoms with van der Waals surface area (Å²) in [6.07, 6.45) is 0. The smallest absolute Gasteiger partial charge is 0.261 e. The van der Waals surface area contributed by atoms with Crippen LogP contribution in [0, 0.1) is 13.8 Å². The van der Waals surface area contributed by atoms with E-state index in [0.717, 1.165) is 44.6 Å². The molecular formula is C30H25N7O2S. The highest BCUT2D eigenvalue weighted by Crippen LogP contribution is 2.33. The number of aryl methyl sites for hydroxylation is 2. The molecule has 0 aliphatic rings. The third-order valence-corrected chi connectivity index (χ3v) is 7.91. The second-order valence-corrected chi connectivity index (χ2v) is 11.0. The van der Waals surface area contributed by atoms with Gasteiger partial charge in [0.25, 0.3) is 10.0 Å². The zero-order chi connectivity index (χ0) is 27.7. The average Bonchev–Trinajstić information content (AvgIpc) is 3.46. The van der Waals surface area contributed by atoms with Gasteiger partial charge in [0.1, 0.15) is 11.4 Å². The van der Waals surface area contributed by atoms with E-state index in [9.17, 15) is 8.42 Å². The van der Waals surface area contributed by atoms with Gasteiger partial charge in [-0.05, 0) is 74.5 Å². The fraction of sp³-hybridized carbons (Fsp3) is 0.0667. The van der Waals surface area contributed by atoms with Crippen LogP contribution in [-0.4, -0.2) is 18.4 Å². The third kappa shape index (κ3) is 4.99. The number of hydrogen-bond donors (Lipinski definition) is 3. The summed E-state index contributed by atoms with van der Waals surface area (Å²) < 4.78 is 28.5. The van der Waals surface area contributed by atoms with E-state index in [4.69, 9.17) is 0 Å². The van der Waals surface area contributed by atoms with Gasteiger partial charge in [-0.25, -0.2) is 8.42 Å². The Kier molecular flexibility index (Phi) is 6.45. The molecule has 0 radical (unpaired) electrons. The third-order valence-electron chi connectivity index (χ3n) is 6.52. The molecule has 4 aromatic carbocycles. The van der Waals surface area contributed by atoms with E-state index < -0.39 is 10.0 Å². The van der Waals surface area contributed by atoms with Crippen LogP contribution in [0.25, 0.3) is 21.8 Å². The Labute approximate surface area is 230 Å². The van der Waals surface area contributed by atoms with E-state index in [1.807, 2.05) is 62.4 Å². The number of benzene rings is 4. The van der Waals surface area contributed by atoms with Crippen LogP contribution in [0.15, 0.2) is 122 Å². The topological polar surface area (TPSA) is 127 Å². The van der Waals surface area contributed by atoms with Crippen LogP contribution in [0.1, 0.15) is 11.4 Å². The van der Waals surface area contributed by atoms with Crippen molar-refractivity contribution < 1.29 is 8.42 Å². The molecule has 6 rings (SSSR count). The van der Waals surface area contributed by atoms with Crippen LogP contribution in [0.5, 0.6) is 0 Å². The molecule has 0 fully saturated rings. The van der Waals surface area contributed by atoms with Crippen LogP contribution in [0.2, 0.25) is 0 Å². The number of H-pyrrole nitrogens is 2. The number of rotatable bonds is 7. The van der Waals surface area contributed by atoms with Crippen LogP contribution >= 0.6 is 0 Å². The molecule has 40 heavy (non-hydrogen) atoms. The lowest BCUT2D eigenvalue weighted by atomic mass is 10.2. The summed E-state index contributed by atoms with van der Waals surface area (Å²) in [5, 5.41) is 19.4. The predicted molar refractivity (Wildman–Crippen MR) is 158 cm³/mol. The first-order valence-corrected chi connectivity index (χ1v) is 14.1. The number of hydrogen-bond acceptors (Lipinski definition) is 6. The first-order chi connectivity index (χ1) is 19.4. The second kappa shape index (κ2) is 10.2. The van der Waals surface area contributed by atoms with Crippen LogP contribution < -0.4 is 4.72 Å². The fourth-order valence-electron chi connectivity index (χ4n) is 4.50. The van der Waals surface area contributed by atoms with Gasteiger partial charge in [0.2, 0.25) is 0 Å². The minimum absolute atomic E-state index is 0.119. The van der Waals surface area contributed by atoms with Gasteiger partial charge in [-0.3, -0.25) is 4.72 Å². The maximum atomic E-state index is 13.0. The summed E-state index contributed by atoms with van der Waals surface area (Å²) in [5.74, 6) is 0. The maximum absolute atomic E-state index is 13.0. The van der Waals surface area contributed by atoms with E-state index in [-0.39, 0.29) is 4.90 Å². The average molecular weight is 548 g/mol. The highest BCUT2D eigenvalue weighted by Gasteiger charge is 2.14. The molecule has 2 aromatic heterocycles. The van der Waals surface area contributed by atoms with Gasteiger partial charge in [0.05, 0.1) is 16.3 Å². The summed E-state index contributed by atoms with van der Waals surface area (Å²) in [7, 11) is -3.80. The van der Waals surface area contributed by atoms with Crippen molar-refractivity contribution in [3.05, 3.63) is 108 Å². The summed E-state index contributed by atoms with van der Waals surface area (Å²) >= 11 is 0. The number of aromatic nitrogens is 2. The lowest BCUT2D eigenvalue weighted by Gasteiger charge is -2.08. The Morgan fingerprint density at radius 1 is 0.575 bits per heavy atom. The first kappa shape index (κ1) is 25.2. The van der Waals surface area contributed by atoms with Crippen molar-refractivity contribution >= 4 is 60.3 Å². The Morgan fingerprint density at radius 3 is 1.52 bits per heavy atom. The predicted octanol–water partition coefficient (Wildman–Crippen LogP) is 8.90. The molecule has 0 aliphatic heterocycles. The summed E-state index contributed by atoms with van der Waals surface area (Å²) in [4.78, 5) is 6.70. The number of para-hydroxylation sites is 2. The van der Waals surface area contributed by atoms with Gasteiger partial charge in [-0.15, -0.1) is 10.2 Å². The van der Waals surface area contributed by atoms with Gasteiger partial charge in [0, 0.05) is 38.9 Å². The zero-order valence-electron chi connectivity index (χ0n) is 21.8. The Hall–Kier alpha value is -5.09. The van der Waals surface area contributed by atoms with Gasteiger partial charge in [-0.2, -0.15) is 10.2 Å². The minimum Gasteiger partial charge on any atom is -0.357 e. The largest absolute Gasteiger partial charge is 0.357 e. The molecule has 0 saturated carbocycles. The molecule has 10 heteroatoms. The molecule has 0 saturated heterocycles. The number of nitrogens with zero attached hydrogens (tertiary/aromatic N) is 4. The number of azo groups is 2. The second-order valence-electron chi connectivity index (χ2n) is 9.33. The summed E-state index contributed by atoms with van der Waals surface area (Å²) in [6.45, 7) is 3.89. The minimum atomic E-state index is -3.80. The van der Waals surface area contributed by atoms with Crippen molar-refractivity contribution in [3.8, 4) is 0 Å². The molecule has 0 spiro atoms. The quantitative estimate of drug-likeness (QED) is 0.173. The van der Waals surface area contributed by atoms with E-state index >= 15 is 0 Å². The zero-order valence-corrected chi connectivity index (χ0v) is 22.6. The van der Waals surface area contributed by atoms with E-state index in [2.05, 4.69) is 35.1 Å². The molecule has 0 unspecified atom stereocenters. The normalized spacial score (nSPS) is 12.2. The Morgan fingerprint density at radius 2 is 1.02 bits per heavy atom. The van der Waals surface area contributed by atoms with Crippen molar-refractivity contribution in [1.82, 2.24) is 9.97 Å². The van der Waals surface area contributed by atoms with E-state index in [0.29, 0.717) is 17.1 Å². The fourth-order valence-corrected chi connectivity index (χ4v) is 5.56. The molecule has 3 N–H and O–H groups in total. The van der Waals surface area contributed by atoms with Crippen molar-refractivity contribution in [1.29, 1.82) is 0 Å². The first-order valence-electron chi connectivity index (χ1n) is 12.6.